The van der Waals surface area contributed by atoms with Crippen LogP contribution in [0.25, 0.3) is 10.2 Å². The third-order valence-corrected chi connectivity index (χ3v) is 4.00. The molecule has 0 amide bonds. The van der Waals surface area contributed by atoms with Gasteiger partial charge in [-0.2, -0.15) is 0 Å². The van der Waals surface area contributed by atoms with Crippen LogP contribution in [0.2, 0.25) is 5.02 Å². The smallest absolute Gasteiger partial charge is 0.188 e. The molecule has 2 heterocycles. The van der Waals surface area contributed by atoms with E-state index in [4.69, 9.17) is 11.6 Å². The van der Waals surface area contributed by atoms with Gasteiger partial charge in [-0.25, -0.2) is 4.98 Å². The van der Waals surface area contributed by atoms with Gasteiger partial charge in [-0.3, -0.25) is 4.98 Å². The van der Waals surface area contributed by atoms with Crippen molar-refractivity contribution in [2.45, 2.75) is 13.8 Å². The lowest BCUT2D eigenvalue weighted by atomic mass is 10.3. The molecule has 1 N–H and O–H groups in total. The SMILES string of the molecule is Cc1ccc(Nc2nc3cc(Cl)ccc3s2)c(C)n1. The van der Waals surface area contributed by atoms with Crippen LogP contribution in [0.15, 0.2) is 30.3 Å². The molecule has 0 bridgehead atoms. The van der Waals surface area contributed by atoms with Crippen molar-refractivity contribution in [3.63, 3.8) is 0 Å². The molecule has 0 fully saturated rings. The topological polar surface area (TPSA) is 37.8 Å². The molecule has 1 aromatic carbocycles. The highest BCUT2D eigenvalue weighted by molar-refractivity contribution is 7.22. The fraction of sp³-hybridized carbons (Fsp3) is 0.143. The normalized spacial score (nSPS) is 10.9. The van der Waals surface area contributed by atoms with Gasteiger partial charge in [0.15, 0.2) is 5.13 Å². The fourth-order valence-electron chi connectivity index (χ4n) is 1.89. The van der Waals surface area contributed by atoms with E-state index in [0.717, 1.165) is 32.4 Å². The van der Waals surface area contributed by atoms with E-state index in [0.29, 0.717) is 5.02 Å². The molecule has 0 spiro atoms. The van der Waals surface area contributed by atoms with Gasteiger partial charge < -0.3 is 5.32 Å². The molecule has 19 heavy (non-hydrogen) atoms. The molecule has 3 nitrogen and oxygen atoms in total. The first-order chi connectivity index (χ1) is 9.11. The quantitative estimate of drug-likeness (QED) is 0.743. The van der Waals surface area contributed by atoms with Crippen LogP contribution in [0.4, 0.5) is 10.8 Å². The molecule has 3 rings (SSSR count). The Morgan fingerprint density at radius 2 is 1.95 bits per heavy atom. The molecule has 5 heteroatoms. The van der Waals surface area contributed by atoms with Crippen molar-refractivity contribution in [3.8, 4) is 0 Å². The number of nitrogens with zero attached hydrogens (tertiary/aromatic N) is 2. The molecule has 0 radical (unpaired) electrons. The van der Waals surface area contributed by atoms with Gasteiger partial charge in [0.05, 0.1) is 21.6 Å². The maximum Gasteiger partial charge on any atom is 0.188 e. The minimum Gasteiger partial charge on any atom is -0.330 e. The average molecular weight is 290 g/mol. The lowest BCUT2D eigenvalue weighted by Crippen LogP contribution is -1.95. The first-order valence-corrected chi connectivity index (χ1v) is 7.08. The van der Waals surface area contributed by atoms with E-state index < -0.39 is 0 Å². The van der Waals surface area contributed by atoms with Gasteiger partial charge in [0.25, 0.3) is 0 Å². The van der Waals surface area contributed by atoms with Gasteiger partial charge in [-0.15, -0.1) is 0 Å². The van der Waals surface area contributed by atoms with Crippen LogP contribution < -0.4 is 5.32 Å². The lowest BCUT2D eigenvalue weighted by Gasteiger charge is -2.06. The summed E-state index contributed by atoms with van der Waals surface area (Å²) in [4.78, 5) is 8.96. The van der Waals surface area contributed by atoms with E-state index in [1.54, 1.807) is 11.3 Å². The Bertz CT molecular complexity index is 752. The Kier molecular flexibility index (Phi) is 3.12. The molecule has 3 aromatic rings. The second-order valence-corrected chi connectivity index (χ2v) is 5.81. The van der Waals surface area contributed by atoms with Crippen LogP contribution in [-0.2, 0) is 0 Å². The summed E-state index contributed by atoms with van der Waals surface area (Å²) in [5.41, 5.74) is 3.88. The highest BCUT2D eigenvalue weighted by Crippen LogP contribution is 2.30. The Morgan fingerprint density at radius 1 is 1.11 bits per heavy atom. The van der Waals surface area contributed by atoms with Gasteiger partial charge >= 0.3 is 0 Å². The minimum absolute atomic E-state index is 0.706. The minimum atomic E-state index is 0.706. The van der Waals surface area contributed by atoms with E-state index in [1.165, 1.54) is 0 Å². The number of fused-ring (bicyclic) bond motifs is 1. The van der Waals surface area contributed by atoms with Crippen LogP contribution in [0.1, 0.15) is 11.4 Å². The van der Waals surface area contributed by atoms with Crippen molar-refractivity contribution < 1.29 is 0 Å². The van der Waals surface area contributed by atoms with Crippen LogP contribution in [-0.4, -0.2) is 9.97 Å². The first kappa shape index (κ1) is 12.4. The predicted molar refractivity (Wildman–Crippen MR) is 81.6 cm³/mol. The number of nitrogens with one attached hydrogen (secondary N) is 1. The zero-order valence-corrected chi connectivity index (χ0v) is 12.1. The largest absolute Gasteiger partial charge is 0.330 e. The molecule has 0 unspecified atom stereocenters. The summed E-state index contributed by atoms with van der Waals surface area (Å²) >= 11 is 7.57. The number of benzene rings is 1. The Morgan fingerprint density at radius 3 is 2.74 bits per heavy atom. The van der Waals surface area contributed by atoms with Crippen molar-refractivity contribution in [3.05, 3.63) is 46.7 Å². The molecule has 0 aliphatic carbocycles. The number of thiazole rings is 1. The maximum absolute atomic E-state index is 5.96. The molecule has 0 aliphatic rings. The van der Waals surface area contributed by atoms with Gasteiger partial charge in [0.1, 0.15) is 0 Å². The van der Waals surface area contributed by atoms with E-state index >= 15 is 0 Å². The molecule has 0 aliphatic heterocycles. The Hall–Kier alpha value is -1.65. The standard InChI is InChI=1S/C14H12ClN3S/c1-8-3-5-11(9(2)16-8)17-14-18-12-7-10(15)4-6-13(12)19-14/h3-7H,1-2H3,(H,17,18). The summed E-state index contributed by atoms with van der Waals surface area (Å²) in [5, 5.41) is 4.87. The summed E-state index contributed by atoms with van der Waals surface area (Å²) in [7, 11) is 0. The van der Waals surface area contributed by atoms with Crippen LogP contribution in [0.5, 0.6) is 0 Å². The zero-order chi connectivity index (χ0) is 13.4. The highest BCUT2D eigenvalue weighted by atomic mass is 35.5. The van der Waals surface area contributed by atoms with Gasteiger partial charge in [0.2, 0.25) is 0 Å². The molecule has 96 valence electrons. The number of anilines is 2. The highest BCUT2D eigenvalue weighted by Gasteiger charge is 2.06. The number of halogens is 1. The summed E-state index contributed by atoms with van der Waals surface area (Å²) in [5.74, 6) is 0. The summed E-state index contributed by atoms with van der Waals surface area (Å²) in [6.45, 7) is 3.97. The number of aryl methyl sites for hydroxylation is 2. The van der Waals surface area contributed by atoms with Crippen LogP contribution >= 0.6 is 22.9 Å². The van der Waals surface area contributed by atoms with Crippen molar-refractivity contribution in [1.29, 1.82) is 0 Å². The third kappa shape index (κ3) is 2.55. The molecule has 0 saturated heterocycles. The van der Waals surface area contributed by atoms with E-state index in [9.17, 15) is 0 Å². The van der Waals surface area contributed by atoms with Crippen molar-refractivity contribution in [2.75, 3.05) is 5.32 Å². The predicted octanol–water partition coefficient (Wildman–Crippen LogP) is 4.71. The summed E-state index contributed by atoms with van der Waals surface area (Å²) < 4.78 is 1.12. The second kappa shape index (κ2) is 4.79. The monoisotopic (exact) mass is 289 g/mol. The van der Waals surface area contributed by atoms with Gasteiger partial charge in [-0.05, 0) is 44.2 Å². The molecular weight excluding hydrogens is 278 g/mol. The van der Waals surface area contributed by atoms with Crippen LogP contribution in [0, 0.1) is 13.8 Å². The lowest BCUT2D eigenvalue weighted by molar-refractivity contribution is 1.12. The van der Waals surface area contributed by atoms with Gasteiger partial charge in [-0.1, -0.05) is 22.9 Å². The molecule has 2 aromatic heterocycles. The van der Waals surface area contributed by atoms with Crippen molar-refractivity contribution in [1.82, 2.24) is 9.97 Å². The van der Waals surface area contributed by atoms with Crippen molar-refractivity contribution >= 4 is 44.0 Å². The van der Waals surface area contributed by atoms with Crippen LogP contribution in [0.3, 0.4) is 0 Å². The third-order valence-electron chi connectivity index (χ3n) is 2.82. The van der Waals surface area contributed by atoms with E-state index in [1.807, 2.05) is 44.2 Å². The number of rotatable bonds is 2. The zero-order valence-electron chi connectivity index (χ0n) is 10.6. The molecule has 0 atom stereocenters. The number of aromatic nitrogens is 2. The van der Waals surface area contributed by atoms with Crippen molar-refractivity contribution in [2.24, 2.45) is 0 Å². The summed E-state index contributed by atoms with van der Waals surface area (Å²) in [6.07, 6.45) is 0. The maximum atomic E-state index is 5.96. The average Bonchev–Trinajstić information content (AvgIpc) is 2.74. The van der Waals surface area contributed by atoms with E-state index in [-0.39, 0.29) is 0 Å². The number of hydrogen-bond donors (Lipinski definition) is 1. The fourth-order valence-corrected chi connectivity index (χ4v) is 2.91. The van der Waals surface area contributed by atoms with Gasteiger partial charge in [0, 0.05) is 10.7 Å². The Labute approximate surface area is 120 Å². The number of hydrogen-bond acceptors (Lipinski definition) is 4. The first-order valence-electron chi connectivity index (χ1n) is 5.89. The Balaban J connectivity index is 1.96. The molecule has 0 saturated carbocycles. The molecular formula is C14H12ClN3S. The second-order valence-electron chi connectivity index (χ2n) is 4.34. The van der Waals surface area contributed by atoms with E-state index in [2.05, 4.69) is 15.3 Å². The summed E-state index contributed by atoms with van der Waals surface area (Å²) in [6, 6.07) is 9.75. The number of pyridine rings is 1.